The van der Waals surface area contributed by atoms with Crippen LogP contribution in [0.3, 0.4) is 0 Å². The van der Waals surface area contributed by atoms with E-state index in [9.17, 15) is 4.79 Å². The minimum Gasteiger partial charge on any atom is -0.397 e. The van der Waals surface area contributed by atoms with E-state index in [2.05, 4.69) is 22.2 Å². The molecule has 0 radical (unpaired) electrons. The number of rotatable bonds is 3. The SMILES string of the molecule is CC(C(=O)Nc1cc(Cl)ccc1N)N1CCCN(C)CC1. The van der Waals surface area contributed by atoms with Crippen LogP contribution in [0, 0.1) is 0 Å². The molecule has 1 saturated heterocycles. The molecule has 3 N–H and O–H groups in total. The Morgan fingerprint density at radius 1 is 1.33 bits per heavy atom. The van der Waals surface area contributed by atoms with Crippen LogP contribution >= 0.6 is 11.6 Å². The summed E-state index contributed by atoms with van der Waals surface area (Å²) >= 11 is 5.94. The lowest BCUT2D eigenvalue weighted by atomic mass is 10.2. The minimum atomic E-state index is -0.185. The van der Waals surface area contributed by atoms with Gasteiger partial charge < -0.3 is 16.0 Å². The number of hydrogen-bond donors (Lipinski definition) is 2. The van der Waals surface area contributed by atoms with E-state index in [4.69, 9.17) is 17.3 Å². The molecule has 0 saturated carbocycles. The van der Waals surface area contributed by atoms with E-state index in [1.54, 1.807) is 18.2 Å². The minimum absolute atomic E-state index is 0.0477. The molecule has 1 atom stereocenters. The largest absolute Gasteiger partial charge is 0.397 e. The molecular weight excluding hydrogens is 288 g/mol. The van der Waals surface area contributed by atoms with Gasteiger partial charge in [-0.15, -0.1) is 0 Å². The highest BCUT2D eigenvalue weighted by Gasteiger charge is 2.23. The molecule has 1 aliphatic heterocycles. The summed E-state index contributed by atoms with van der Waals surface area (Å²) in [5.74, 6) is -0.0477. The van der Waals surface area contributed by atoms with Crippen LogP contribution in [0.5, 0.6) is 0 Å². The smallest absolute Gasteiger partial charge is 0.241 e. The average Bonchev–Trinajstić information content (AvgIpc) is 2.67. The summed E-state index contributed by atoms with van der Waals surface area (Å²) in [4.78, 5) is 16.9. The molecule has 0 spiro atoms. The van der Waals surface area contributed by atoms with Crippen molar-refractivity contribution in [2.75, 3.05) is 44.3 Å². The maximum atomic E-state index is 12.4. The Bertz CT molecular complexity index is 508. The summed E-state index contributed by atoms with van der Waals surface area (Å²) in [6.45, 7) is 5.82. The number of carbonyl (C=O) groups excluding carboxylic acids is 1. The zero-order valence-corrected chi connectivity index (χ0v) is 13.4. The van der Waals surface area contributed by atoms with Gasteiger partial charge in [-0.2, -0.15) is 0 Å². The third-order valence-corrected chi connectivity index (χ3v) is 4.19. The Kier molecular flexibility index (Phi) is 5.45. The monoisotopic (exact) mass is 310 g/mol. The van der Waals surface area contributed by atoms with Crippen LogP contribution in [-0.2, 0) is 4.79 Å². The van der Waals surface area contributed by atoms with Gasteiger partial charge >= 0.3 is 0 Å². The third kappa shape index (κ3) is 4.33. The van der Waals surface area contributed by atoms with Crippen LogP contribution in [0.1, 0.15) is 13.3 Å². The lowest BCUT2D eigenvalue weighted by Gasteiger charge is -2.26. The quantitative estimate of drug-likeness (QED) is 0.837. The predicted octanol–water partition coefficient (Wildman–Crippen LogP) is 1.89. The fourth-order valence-corrected chi connectivity index (χ4v) is 2.67. The summed E-state index contributed by atoms with van der Waals surface area (Å²) < 4.78 is 0. The molecule has 0 aromatic heterocycles. The molecule has 1 aromatic carbocycles. The molecule has 1 heterocycles. The van der Waals surface area contributed by atoms with Crippen molar-refractivity contribution in [3.63, 3.8) is 0 Å². The number of anilines is 2. The summed E-state index contributed by atoms with van der Waals surface area (Å²) in [6, 6.07) is 4.90. The van der Waals surface area contributed by atoms with Crippen molar-refractivity contribution in [1.29, 1.82) is 0 Å². The molecule has 1 aliphatic rings. The molecule has 6 heteroatoms. The van der Waals surface area contributed by atoms with Crippen molar-refractivity contribution in [3.8, 4) is 0 Å². The predicted molar refractivity (Wildman–Crippen MR) is 87.6 cm³/mol. The van der Waals surface area contributed by atoms with Gasteiger partial charge in [0.2, 0.25) is 5.91 Å². The lowest BCUT2D eigenvalue weighted by Crippen LogP contribution is -2.43. The Labute approximate surface area is 131 Å². The summed E-state index contributed by atoms with van der Waals surface area (Å²) in [5, 5.41) is 3.43. The second-order valence-electron chi connectivity index (χ2n) is 5.59. The van der Waals surface area contributed by atoms with Crippen LogP contribution < -0.4 is 11.1 Å². The molecule has 1 fully saturated rings. The first-order valence-corrected chi connectivity index (χ1v) is 7.63. The van der Waals surface area contributed by atoms with E-state index in [-0.39, 0.29) is 11.9 Å². The molecule has 1 unspecified atom stereocenters. The van der Waals surface area contributed by atoms with E-state index in [0.717, 1.165) is 32.6 Å². The van der Waals surface area contributed by atoms with E-state index >= 15 is 0 Å². The van der Waals surface area contributed by atoms with E-state index in [1.165, 1.54) is 0 Å². The topological polar surface area (TPSA) is 61.6 Å². The highest BCUT2D eigenvalue weighted by atomic mass is 35.5. The number of nitrogens with zero attached hydrogens (tertiary/aromatic N) is 2. The maximum Gasteiger partial charge on any atom is 0.241 e. The fraction of sp³-hybridized carbons (Fsp3) is 0.533. The number of nitrogens with one attached hydrogen (secondary N) is 1. The molecule has 0 aliphatic carbocycles. The van der Waals surface area contributed by atoms with Crippen LogP contribution in [0.25, 0.3) is 0 Å². The second-order valence-corrected chi connectivity index (χ2v) is 6.03. The van der Waals surface area contributed by atoms with Crippen molar-refractivity contribution in [2.45, 2.75) is 19.4 Å². The van der Waals surface area contributed by atoms with Gasteiger partial charge in [0.15, 0.2) is 0 Å². The number of amides is 1. The van der Waals surface area contributed by atoms with Crippen LogP contribution in [-0.4, -0.2) is 55.0 Å². The molecule has 5 nitrogen and oxygen atoms in total. The summed E-state index contributed by atoms with van der Waals surface area (Å²) in [6.07, 6.45) is 1.08. The number of carbonyl (C=O) groups is 1. The van der Waals surface area contributed by atoms with Crippen LogP contribution in [0.4, 0.5) is 11.4 Å². The molecule has 116 valence electrons. The number of nitrogens with two attached hydrogens (primary N) is 1. The van der Waals surface area contributed by atoms with Gasteiger partial charge in [0, 0.05) is 24.7 Å². The van der Waals surface area contributed by atoms with Gasteiger partial charge in [-0.3, -0.25) is 9.69 Å². The normalized spacial score (nSPS) is 19.0. The zero-order valence-electron chi connectivity index (χ0n) is 12.6. The molecule has 2 rings (SSSR count). The Balaban J connectivity index is 2.00. The highest BCUT2D eigenvalue weighted by Crippen LogP contribution is 2.23. The van der Waals surface area contributed by atoms with E-state index in [1.807, 2.05) is 6.92 Å². The van der Waals surface area contributed by atoms with Gasteiger partial charge in [0.25, 0.3) is 0 Å². The number of likely N-dealkylation sites (N-methyl/N-ethyl adjacent to an activating group) is 1. The summed E-state index contributed by atoms with van der Waals surface area (Å²) in [7, 11) is 2.11. The Morgan fingerprint density at radius 2 is 2.10 bits per heavy atom. The van der Waals surface area contributed by atoms with Crippen molar-refractivity contribution in [1.82, 2.24) is 9.80 Å². The summed E-state index contributed by atoms with van der Waals surface area (Å²) in [5.41, 5.74) is 6.96. The molecule has 1 amide bonds. The molecule has 1 aromatic rings. The van der Waals surface area contributed by atoms with Crippen molar-refractivity contribution in [3.05, 3.63) is 23.2 Å². The Hall–Kier alpha value is -1.30. The maximum absolute atomic E-state index is 12.4. The first-order valence-electron chi connectivity index (χ1n) is 7.26. The van der Waals surface area contributed by atoms with Crippen LogP contribution in [0.2, 0.25) is 5.02 Å². The van der Waals surface area contributed by atoms with Gasteiger partial charge in [-0.05, 0) is 45.1 Å². The number of hydrogen-bond acceptors (Lipinski definition) is 4. The van der Waals surface area contributed by atoms with Gasteiger partial charge in [-0.1, -0.05) is 11.6 Å². The van der Waals surface area contributed by atoms with Gasteiger partial charge in [0.05, 0.1) is 17.4 Å². The van der Waals surface area contributed by atoms with Gasteiger partial charge in [0.1, 0.15) is 0 Å². The van der Waals surface area contributed by atoms with Gasteiger partial charge in [-0.25, -0.2) is 0 Å². The lowest BCUT2D eigenvalue weighted by molar-refractivity contribution is -0.120. The highest BCUT2D eigenvalue weighted by molar-refractivity contribution is 6.31. The van der Waals surface area contributed by atoms with Crippen molar-refractivity contribution >= 4 is 28.9 Å². The Morgan fingerprint density at radius 3 is 2.86 bits per heavy atom. The van der Waals surface area contributed by atoms with E-state index < -0.39 is 0 Å². The number of nitrogen functional groups attached to an aromatic ring is 1. The zero-order chi connectivity index (χ0) is 15.4. The van der Waals surface area contributed by atoms with Crippen molar-refractivity contribution < 1.29 is 4.79 Å². The van der Waals surface area contributed by atoms with E-state index in [0.29, 0.717) is 16.4 Å². The van der Waals surface area contributed by atoms with Crippen molar-refractivity contribution in [2.24, 2.45) is 0 Å². The average molecular weight is 311 g/mol. The third-order valence-electron chi connectivity index (χ3n) is 3.95. The number of halogens is 1. The standard InChI is InChI=1S/C15H23ClN4O/c1-11(20-7-3-6-19(2)8-9-20)15(21)18-14-10-12(16)4-5-13(14)17/h4-5,10-11H,3,6-9,17H2,1-2H3,(H,18,21). The molecular formula is C15H23ClN4O. The molecule has 21 heavy (non-hydrogen) atoms. The number of benzene rings is 1. The first kappa shape index (κ1) is 16.1. The van der Waals surface area contributed by atoms with Crippen LogP contribution in [0.15, 0.2) is 18.2 Å². The first-order chi connectivity index (χ1) is 9.97. The molecule has 0 bridgehead atoms. The second kappa shape index (κ2) is 7.11. The fourth-order valence-electron chi connectivity index (χ4n) is 2.49.